The van der Waals surface area contributed by atoms with Gasteiger partial charge in [-0.25, -0.2) is 17.2 Å². The molecule has 3 nitrogen and oxygen atoms in total. The monoisotopic (exact) mass is 277 g/mol. The molecule has 6 heteroatoms. The highest BCUT2D eigenvalue weighted by Gasteiger charge is 2.23. The van der Waals surface area contributed by atoms with Crippen LogP contribution >= 0.6 is 0 Å². The van der Waals surface area contributed by atoms with E-state index in [9.17, 15) is 17.2 Å². The van der Waals surface area contributed by atoms with Crippen LogP contribution in [0.2, 0.25) is 0 Å². The first-order valence-corrected chi connectivity index (χ1v) is 7.47. The van der Waals surface area contributed by atoms with Crippen LogP contribution < -0.4 is 5.32 Å². The van der Waals surface area contributed by atoms with Crippen molar-refractivity contribution < 1.29 is 17.2 Å². The minimum atomic E-state index is -3.82. The summed E-state index contributed by atoms with van der Waals surface area (Å²) < 4.78 is 50.4. The lowest BCUT2D eigenvalue weighted by molar-refractivity contribution is 0.523. The minimum Gasteiger partial charge on any atom is -0.313 e. The summed E-state index contributed by atoms with van der Waals surface area (Å²) in [5.41, 5.74) is 0. The van der Waals surface area contributed by atoms with Gasteiger partial charge >= 0.3 is 0 Å². The maximum Gasteiger partial charge on any atom is 0.182 e. The molecule has 1 rings (SSSR count). The number of hydrogen-bond acceptors (Lipinski definition) is 3. The normalized spacial score (nSPS) is 13.6. The Bertz CT molecular complexity index is 503. The zero-order valence-corrected chi connectivity index (χ0v) is 11.2. The average molecular weight is 277 g/mol. The van der Waals surface area contributed by atoms with Crippen LogP contribution in [0.3, 0.4) is 0 Å². The zero-order valence-electron chi connectivity index (χ0n) is 10.4. The summed E-state index contributed by atoms with van der Waals surface area (Å²) in [6.45, 7) is 4.32. The molecule has 0 aliphatic rings. The van der Waals surface area contributed by atoms with E-state index in [1.807, 2.05) is 13.8 Å². The molecule has 18 heavy (non-hydrogen) atoms. The van der Waals surface area contributed by atoms with Crippen LogP contribution in [0.4, 0.5) is 8.78 Å². The van der Waals surface area contributed by atoms with Crippen LogP contribution in [0.15, 0.2) is 23.1 Å². The Morgan fingerprint density at radius 1 is 1.28 bits per heavy atom. The van der Waals surface area contributed by atoms with Crippen molar-refractivity contribution in [3.8, 4) is 0 Å². The zero-order chi connectivity index (χ0) is 13.8. The van der Waals surface area contributed by atoms with Crippen LogP contribution in [0, 0.1) is 11.6 Å². The first-order valence-electron chi connectivity index (χ1n) is 5.82. The molecule has 0 aromatic heterocycles. The molecule has 1 N–H and O–H groups in total. The van der Waals surface area contributed by atoms with Gasteiger partial charge in [-0.05, 0) is 31.2 Å². The number of nitrogens with one attached hydrogen (secondary N) is 1. The van der Waals surface area contributed by atoms with Gasteiger partial charge in [-0.3, -0.25) is 0 Å². The Hall–Kier alpha value is -1.01. The smallest absolute Gasteiger partial charge is 0.182 e. The first-order chi connectivity index (χ1) is 8.40. The van der Waals surface area contributed by atoms with E-state index in [0.29, 0.717) is 13.0 Å². The predicted molar refractivity (Wildman–Crippen MR) is 66.2 cm³/mol. The van der Waals surface area contributed by atoms with Gasteiger partial charge in [0.05, 0.1) is 5.75 Å². The van der Waals surface area contributed by atoms with E-state index < -0.39 is 26.4 Å². The molecule has 0 aliphatic heterocycles. The summed E-state index contributed by atoms with van der Waals surface area (Å²) in [6, 6.07) is 2.19. The summed E-state index contributed by atoms with van der Waals surface area (Å²) in [5, 5.41) is 3.00. The van der Waals surface area contributed by atoms with Gasteiger partial charge in [-0.2, -0.15) is 0 Å². The molecule has 0 amide bonds. The Morgan fingerprint density at radius 2 is 1.94 bits per heavy atom. The van der Waals surface area contributed by atoms with Crippen molar-refractivity contribution in [1.29, 1.82) is 0 Å². The average Bonchev–Trinajstić information content (AvgIpc) is 2.31. The lowest BCUT2D eigenvalue weighted by atomic mass is 10.2. The molecule has 0 saturated carbocycles. The number of sulfone groups is 1. The fourth-order valence-corrected chi connectivity index (χ4v) is 3.40. The lowest BCUT2D eigenvalue weighted by Crippen LogP contribution is -2.35. The summed E-state index contributed by atoms with van der Waals surface area (Å²) in [6.07, 6.45) is 0.601. The van der Waals surface area contributed by atoms with Crippen molar-refractivity contribution in [3.63, 3.8) is 0 Å². The maximum absolute atomic E-state index is 13.4. The molecule has 0 heterocycles. The van der Waals surface area contributed by atoms with Gasteiger partial charge in [0.2, 0.25) is 0 Å². The molecule has 1 aromatic carbocycles. The van der Waals surface area contributed by atoms with Crippen molar-refractivity contribution in [2.24, 2.45) is 0 Å². The van der Waals surface area contributed by atoms with Crippen molar-refractivity contribution in [3.05, 3.63) is 29.8 Å². The molecule has 1 aromatic rings. The van der Waals surface area contributed by atoms with Gasteiger partial charge in [0.25, 0.3) is 0 Å². The second-order valence-electron chi connectivity index (χ2n) is 4.02. The molecule has 0 radical (unpaired) electrons. The second-order valence-corrected chi connectivity index (χ2v) is 6.02. The molecular weight excluding hydrogens is 260 g/mol. The Morgan fingerprint density at radius 3 is 2.50 bits per heavy atom. The van der Waals surface area contributed by atoms with Gasteiger partial charge in [0.15, 0.2) is 9.84 Å². The van der Waals surface area contributed by atoms with E-state index in [0.717, 1.165) is 18.2 Å². The van der Waals surface area contributed by atoms with Crippen molar-refractivity contribution in [2.75, 3.05) is 12.3 Å². The predicted octanol–water partition coefficient (Wildman–Crippen LogP) is 2.13. The SMILES string of the molecule is CCNC(CC)CS(=O)(=O)c1cc(F)ccc1F. The number of benzene rings is 1. The van der Waals surface area contributed by atoms with Crippen LogP contribution in [-0.2, 0) is 9.84 Å². The molecule has 0 fully saturated rings. The molecular formula is C12H17F2NO2S. The summed E-state index contributed by atoms with van der Waals surface area (Å²) >= 11 is 0. The quantitative estimate of drug-likeness (QED) is 0.866. The van der Waals surface area contributed by atoms with Crippen molar-refractivity contribution in [2.45, 2.75) is 31.2 Å². The summed E-state index contributed by atoms with van der Waals surface area (Å²) in [7, 11) is -3.82. The third-order valence-corrected chi connectivity index (χ3v) is 4.46. The molecule has 0 saturated heterocycles. The number of hydrogen-bond donors (Lipinski definition) is 1. The van der Waals surface area contributed by atoms with Crippen LogP contribution in [0.5, 0.6) is 0 Å². The highest BCUT2D eigenvalue weighted by molar-refractivity contribution is 7.91. The van der Waals surface area contributed by atoms with E-state index in [1.54, 1.807) is 0 Å². The van der Waals surface area contributed by atoms with Gasteiger partial charge in [-0.1, -0.05) is 13.8 Å². The van der Waals surface area contributed by atoms with E-state index in [2.05, 4.69) is 5.32 Å². The Labute approximate surface area is 106 Å². The van der Waals surface area contributed by atoms with Gasteiger partial charge in [0.1, 0.15) is 16.5 Å². The van der Waals surface area contributed by atoms with Crippen LogP contribution in [-0.4, -0.2) is 26.8 Å². The fraction of sp³-hybridized carbons (Fsp3) is 0.500. The molecule has 1 unspecified atom stereocenters. The van der Waals surface area contributed by atoms with E-state index >= 15 is 0 Å². The molecule has 0 aliphatic carbocycles. The van der Waals surface area contributed by atoms with Crippen LogP contribution in [0.25, 0.3) is 0 Å². The number of rotatable bonds is 6. The minimum absolute atomic E-state index is 0.238. The third-order valence-electron chi connectivity index (χ3n) is 2.63. The highest BCUT2D eigenvalue weighted by atomic mass is 32.2. The van der Waals surface area contributed by atoms with Gasteiger partial charge in [0, 0.05) is 6.04 Å². The highest BCUT2D eigenvalue weighted by Crippen LogP contribution is 2.18. The second kappa shape index (κ2) is 6.24. The maximum atomic E-state index is 13.4. The standard InChI is InChI=1S/C12H17F2NO2S/c1-3-10(15-4-2)8-18(16,17)12-7-9(13)5-6-11(12)14/h5-7,10,15H,3-4,8H2,1-2H3. The van der Waals surface area contributed by atoms with E-state index in [1.165, 1.54) is 0 Å². The first kappa shape index (κ1) is 15.0. The summed E-state index contributed by atoms with van der Waals surface area (Å²) in [5.74, 6) is -1.91. The Kier molecular flexibility index (Phi) is 5.22. The molecule has 102 valence electrons. The van der Waals surface area contributed by atoms with E-state index in [-0.39, 0.29) is 11.8 Å². The largest absolute Gasteiger partial charge is 0.313 e. The topological polar surface area (TPSA) is 46.2 Å². The van der Waals surface area contributed by atoms with Gasteiger partial charge in [-0.15, -0.1) is 0 Å². The van der Waals surface area contributed by atoms with Crippen molar-refractivity contribution in [1.82, 2.24) is 5.32 Å². The van der Waals surface area contributed by atoms with Crippen molar-refractivity contribution >= 4 is 9.84 Å². The van der Waals surface area contributed by atoms with Crippen LogP contribution in [0.1, 0.15) is 20.3 Å². The van der Waals surface area contributed by atoms with E-state index in [4.69, 9.17) is 0 Å². The molecule has 0 bridgehead atoms. The lowest BCUT2D eigenvalue weighted by Gasteiger charge is -2.16. The Balaban J connectivity index is 3.02. The summed E-state index contributed by atoms with van der Waals surface area (Å²) in [4.78, 5) is -0.571. The molecule has 1 atom stereocenters. The van der Waals surface area contributed by atoms with Gasteiger partial charge < -0.3 is 5.32 Å². The fourth-order valence-electron chi connectivity index (χ4n) is 1.68. The molecule has 0 spiro atoms. The third kappa shape index (κ3) is 3.74. The number of halogens is 2.